The summed E-state index contributed by atoms with van der Waals surface area (Å²) in [6.07, 6.45) is -3.33. The zero-order valence-corrected chi connectivity index (χ0v) is 8.06. The van der Waals surface area contributed by atoms with Crippen molar-refractivity contribution in [3.63, 3.8) is 0 Å². The van der Waals surface area contributed by atoms with Crippen LogP contribution >= 0.6 is 0 Å². The molecule has 1 spiro atoms. The minimum Gasteiger partial charge on any atom is -0.456 e. The minimum absolute atomic E-state index is 0.0938. The van der Waals surface area contributed by atoms with E-state index in [9.17, 15) is 18.0 Å². The molecule has 0 aromatic heterocycles. The molecule has 15 heavy (non-hydrogen) atoms. The number of esters is 1. The summed E-state index contributed by atoms with van der Waals surface area (Å²) in [6.45, 7) is 1.73. The number of hydrogen-bond donors (Lipinski definition) is 1. The molecule has 0 unspecified atom stereocenters. The summed E-state index contributed by atoms with van der Waals surface area (Å²) in [7, 11) is 0. The quantitative estimate of drug-likeness (QED) is 0.679. The van der Waals surface area contributed by atoms with Crippen LogP contribution in [0.1, 0.15) is 19.3 Å². The lowest BCUT2D eigenvalue weighted by Crippen LogP contribution is -2.46. The zero-order valence-electron chi connectivity index (χ0n) is 8.06. The molecule has 3 nitrogen and oxygen atoms in total. The predicted molar refractivity (Wildman–Crippen MR) is 45.1 cm³/mol. The van der Waals surface area contributed by atoms with E-state index < -0.39 is 18.2 Å². The normalized spacial score (nSPS) is 35.3. The molecule has 1 aliphatic heterocycles. The SMILES string of the molecule is O=C(OC1CC2(CCNC2)C1)C(F)(F)F. The number of carbonyl (C=O) groups excluding carboxylic acids is 1. The summed E-state index contributed by atoms with van der Waals surface area (Å²) in [6, 6.07) is 0. The first-order valence-electron chi connectivity index (χ1n) is 4.90. The molecule has 1 aliphatic carbocycles. The number of ether oxygens (including phenoxy) is 1. The van der Waals surface area contributed by atoms with Crippen LogP contribution in [0.15, 0.2) is 0 Å². The average Bonchev–Trinajstić information content (AvgIpc) is 2.50. The van der Waals surface area contributed by atoms with Gasteiger partial charge >= 0.3 is 12.1 Å². The second-order valence-electron chi connectivity index (χ2n) is 4.36. The minimum atomic E-state index is -4.86. The van der Waals surface area contributed by atoms with Crippen molar-refractivity contribution in [2.75, 3.05) is 13.1 Å². The van der Waals surface area contributed by atoms with Crippen LogP contribution in [0, 0.1) is 5.41 Å². The van der Waals surface area contributed by atoms with Gasteiger partial charge in [0.1, 0.15) is 6.10 Å². The molecular formula is C9H12F3NO2. The Hall–Kier alpha value is -0.780. The van der Waals surface area contributed by atoms with Crippen molar-refractivity contribution in [1.82, 2.24) is 5.32 Å². The molecular weight excluding hydrogens is 211 g/mol. The summed E-state index contributed by atoms with van der Waals surface area (Å²) >= 11 is 0. The maximum Gasteiger partial charge on any atom is 0.490 e. The van der Waals surface area contributed by atoms with E-state index in [0.717, 1.165) is 19.5 Å². The molecule has 0 bridgehead atoms. The van der Waals surface area contributed by atoms with Crippen molar-refractivity contribution >= 4 is 5.97 Å². The summed E-state index contributed by atoms with van der Waals surface area (Å²) in [5.74, 6) is -2.06. The van der Waals surface area contributed by atoms with Gasteiger partial charge in [0, 0.05) is 6.54 Å². The van der Waals surface area contributed by atoms with E-state index in [2.05, 4.69) is 10.1 Å². The molecule has 0 atom stereocenters. The van der Waals surface area contributed by atoms with Crippen LogP contribution in [-0.2, 0) is 9.53 Å². The second kappa shape index (κ2) is 3.37. The van der Waals surface area contributed by atoms with Crippen molar-refractivity contribution in [1.29, 1.82) is 0 Å². The molecule has 2 aliphatic rings. The Balaban J connectivity index is 1.78. The molecule has 0 radical (unpaired) electrons. The molecule has 0 amide bonds. The number of carbonyl (C=O) groups is 1. The fourth-order valence-corrected chi connectivity index (χ4v) is 2.35. The van der Waals surface area contributed by atoms with Crippen molar-refractivity contribution in [2.24, 2.45) is 5.41 Å². The third kappa shape index (κ3) is 2.09. The van der Waals surface area contributed by atoms with Crippen LogP contribution < -0.4 is 5.32 Å². The van der Waals surface area contributed by atoms with Gasteiger partial charge in [-0.1, -0.05) is 0 Å². The molecule has 6 heteroatoms. The Morgan fingerprint density at radius 3 is 2.53 bits per heavy atom. The van der Waals surface area contributed by atoms with Crippen molar-refractivity contribution < 1.29 is 22.7 Å². The van der Waals surface area contributed by atoms with Gasteiger partial charge in [-0.25, -0.2) is 4.79 Å². The van der Waals surface area contributed by atoms with Gasteiger partial charge in [-0.15, -0.1) is 0 Å². The largest absolute Gasteiger partial charge is 0.490 e. The van der Waals surface area contributed by atoms with Gasteiger partial charge in [-0.2, -0.15) is 13.2 Å². The molecule has 0 aromatic carbocycles. The van der Waals surface area contributed by atoms with Gasteiger partial charge in [-0.3, -0.25) is 0 Å². The summed E-state index contributed by atoms with van der Waals surface area (Å²) < 4.78 is 39.9. The summed E-state index contributed by atoms with van der Waals surface area (Å²) in [5.41, 5.74) is 0.0938. The smallest absolute Gasteiger partial charge is 0.456 e. The number of rotatable bonds is 1. The van der Waals surface area contributed by atoms with Crippen LogP contribution in [0.3, 0.4) is 0 Å². The third-order valence-corrected chi connectivity index (χ3v) is 3.16. The molecule has 86 valence electrons. The Bertz CT molecular complexity index is 263. The van der Waals surface area contributed by atoms with E-state index >= 15 is 0 Å². The first kappa shape index (κ1) is 10.7. The molecule has 1 saturated carbocycles. The third-order valence-electron chi connectivity index (χ3n) is 3.16. The lowest BCUT2D eigenvalue weighted by molar-refractivity contribution is -0.213. The fraction of sp³-hybridized carbons (Fsp3) is 0.889. The van der Waals surface area contributed by atoms with E-state index in [-0.39, 0.29) is 5.41 Å². The standard InChI is InChI=1S/C9H12F3NO2/c10-9(11,12)7(14)15-6-3-8(4-6)1-2-13-5-8/h6,13H,1-5H2. The lowest BCUT2D eigenvalue weighted by Gasteiger charge is -2.43. The molecule has 2 rings (SSSR count). The van der Waals surface area contributed by atoms with Gasteiger partial charge in [0.2, 0.25) is 0 Å². The maximum absolute atomic E-state index is 11.9. The number of halogens is 3. The van der Waals surface area contributed by atoms with Crippen molar-refractivity contribution in [3.8, 4) is 0 Å². The number of nitrogens with one attached hydrogen (secondary N) is 1. The van der Waals surface area contributed by atoms with Crippen LogP contribution in [0.5, 0.6) is 0 Å². The van der Waals surface area contributed by atoms with Gasteiger partial charge < -0.3 is 10.1 Å². The highest BCUT2D eigenvalue weighted by atomic mass is 19.4. The van der Waals surface area contributed by atoms with E-state index in [0.29, 0.717) is 12.8 Å². The zero-order chi connectivity index (χ0) is 11.1. The van der Waals surface area contributed by atoms with Gasteiger partial charge in [0.25, 0.3) is 0 Å². The molecule has 1 saturated heterocycles. The highest BCUT2D eigenvalue weighted by Crippen LogP contribution is 2.47. The highest BCUT2D eigenvalue weighted by molar-refractivity contribution is 5.75. The summed E-state index contributed by atoms with van der Waals surface area (Å²) in [5, 5.41) is 3.16. The van der Waals surface area contributed by atoms with Crippen LogP contribution in [0.4, 0.5) is 13.2 Å². The van der Waals surface area contributed by atoms with Crippen LogP contribution in [0.25, 0.3) is 0 Å². The van der Waals surface area contributed by atoms with E-state index in [4.69, 9.17) is 0 Å². The fourth-order valence-electron chi connectivity index (χ4n) is 2.35. The monoisotopic (exact) mass is 223 g/mol. The average molecular weight is 223 g/mol. The Kier molecular flexibility index (Phi) is 2.41. The Morgan fingerprint density at radius 2 is 2.07 bits per heavy atom. The topological polar surface area (TPSA) is 38.3 Å². The number of alkyl halides is 3. The van der Waals surface area contributed by atoms with E-state index in [1.165, 1.54) is 0 Å². The summed E-state index contributed by atoms with van der Waals surface area (Å²) in [4.78, 5) is 10.5. The van der Waals surface area contributed by atoms with Crippen LogP contribution in [-0.4, -0.2) is 31.3 Å². The predicted octanol–water partition coefficient (Wildman–Crippen LogP) is 1.23. The Labute approximate surface area is 85.0 Å². The molecule has 0 aromatic rings. The Morgan fingerprint density at radius 1 is 1.40 bits per heavy atom. The van der Waals surface area contributed by atoms with Crippen molar-refractivity contribution in [3.05, 3.63) is 0 Å². The second-order valence-corrected chi connectivity index (χ2v) is 4.36. The first-order valence-corrected chi connectivity index (χ1v) is 4.90. The number of hydrogen-bond acceptors (Lipinski definition) is 3. The highest BCUT2D eigenvalue weighted by Gasteiger charge is 2.50. The first-order chi connectivity index (χ1) is 6.91. The molecule has 1 N–H and O–H groups in total. The van der Waals surface area contributed by atoms with Gasteiger partial charge in [-0.05, 0) is 31.2 Å². The van der Waals surface area contributed by atoms with Crippen LogP contribution in [0.2, 0.25) is 0 Å². The lowest BCUT2D eigenvalue weighted by atomic mass is 9.66. The maximum atomic E-state index is 11.9. The molecule has 1 heterocycles. The van der Waals surface area contributed by atoms with Gasteiger partial charge in [0.05, 0.1) is 0 Å². The van der Waals surface area contributed by atoms with E-state index in [1.807, 2.05) is 0 Å². The van der Waals surface area contributed by atoms with Gasteiger partial charge in [0.15, 0.2) is 0 Å². The van der Waals surface area contributed by atoms with E-state index in [1.54, 1.807) is 0 Å². The van der Waals surface area contributed by atoms with Crippen molar-refractivity contribution in [2.45, 2.75) is 31.5 Å². The molecule has 2 fully saturated rings.